The normalized spacial score (nSPS) is 10.2. The fourth-order valence-electron chi connectivity index (χ4n) is 2.45. The van der Waals surface area contributed by atoms with Gasteiger partial charge in [-0.1, -0.05) is 35.9 Å². The molecule has 2 aromatic rings. The molecule has 5 nitrogen and oxygen atoms in total. The van der Waals surface area contributed by atoms with Gasteiger partial charge in [-0.3, -0.25) is 9.59 Å². The number of aryl methyl sites for hydroxylation is 2. The number of ether oxygens (including phenoxy) is 1. The van der Waals surface area contributed by atoms with Crippen LogP contribution in [-0.2, 0) is 4.79 Å². The van der Waals surface area contributed by atoms with E-state index < -0.39 is 0 Å². The molecule has 2 rings (SSSR count). The molecular formula is C21H26N2O3. The first-order valence-corrected chi connectivity index (χ1v) is 8.86. The minimum atomic E-state index is -0.121. The van der Waals surface area contributed by atoms with Crippen molar-refractivity contribution in [2.75, 3.05) is 19.7 Å². The Morgan fingerprint density at radius 2 is 1.62 bits per heavy atom. The van der Waals surface area contributed by atoms with E-state index in [9.17, 15) is 9.59 Å². The molecule has 0 atom stereocenters. The fraction of sp³-hybridized carbons (Fsp3) is 0.333. The predicted octanol–water partition coefficient (Wildman–Crippen LogP) is 3.01. The molecule has 0 bridgehead atoms. The van der Waals surface area contributed by atoms with Gasteiger partial charge >= 0.3 is 0 Å². The van der Waals surface area contributed by atoms with E-state index in [1.807, 2.05) is 56.3 Å². The number of nitrogens with one attached hydrogen (secondary N) is 2. The summed E-state index contributed by atoms with van der Waals surface area (Å²) >= 11 is 0. The minimum Gasteiger partial charge on any atom is -0.494 e. The lowest BCUT2D eigenvalue weighted by molar-refractivity contribution is -0.121. The van der Waals surface area contributed by atoms with E-state index in [1.165, 1.54) is 5.56 Å². The SMILES string of the molecule is Cc1ccc(OCCCC(=O)NCCNC(=O)c2ccccc2C)cc1. The highest BCUT2D eigenvalue weighted by molar-refractivity contribution is 5.95. The summed E-state index contributed by atoms with van der Waals surface area (Å²) in [6.07, 6.45) is 1.05. The van der Waals surface area contributed by atoms with Crippen molar-refractivity contribution in [3.63, 3.8) is 0 Å². The van der Waals surface area contributed by atoms with Gasteiger partial charge in [-0.2, -0.15) is 0 Å². The average molecular weight is 354 g/mol. The molecule has 2 amide bonds. The molecule has 0 unspecified atom stereocenters. The van der Waals surface area contributed by atoms with Gasteiger partial charge in [0.25, 0.3) is 5.91 Å². The van der Waals surface area contributed by atoms with E-state index in [0.717, 1.165) is 11.3 Å². The van der Waals surface area contributed by atoms with Crippen LogP contribution in [0.4, 0.5) is 0 Å². The Hall–Kier alpha value is -2.82. The highest BCUT2D eigenvalue weighted by Gasteiger charge is 2.07. The van der Waals surface area contributed by atoms with Crippen LogP contribution in [0.1, 0.15) is 34.3 Å². The minimum absolute atomic E-state index is 0.0392. The fourth-order valence-corrected chi connectivity index (χ4v) is 2.45. The summed E-state index contributed by atoms with van der Waals surface area (Å²) in [5.74, 6) is 0.654. The number of benzene rings is 2. The van der Waals surface area contributed by atoms with Crippen molar-refractivity contribution in [3.8, 4) is 5.75 Å². The Labute approximate surface area is 154 Å². The maximum Gasteiger partial charge on any atom is 0.251 e. The third-order valence-corrected chi connectivity index (χ3v) is 3.96. The molecule has 5 heteroatoms. The molecule has 138 valence electrons. The lowest BCUT2D eigenvalue weighted by atomic mass is 10.1. The summed E-state index contributed by atoms with van der Waals surface area (Å²) in [5.41, 5.74) is 2.78. The molecule has 0 saturated heterocycles. The van der Waals surface area contributed by atoms with E-state index in [-0.39, 0.29) is 11.8 Å². The van der Waals surface area contributed by atoms with Gasteiger partial charge in [-0.25, -0.2) is 0 Å². The van der Waals surface area contributed by atoms with Crippen molar-refractivity contribution in [1.29, 1.82) is 0 Å². The Kier molecular flexibility index (Phi) is 7.68. The van der Waals surface area contributed by atoms with Crippen molar-refractivity contribution in [2.24, 2.45) is 0 Å². The number of rotatable bonds is 9. The van der Waals surface area contributed by atoms with Crippen molar-refractivity contribution in [1.82, 2.24) is 10.6 Å². The molecule has 2 aromatic carbocycles. The van der Waals surface area contributed by atoms with Crippen LogP contribution >= 0.6 is 0 Å². The van der Waals surface area contributed by atoms with Crippen LogP contribution in [0.25, 0.3) is 0 Å². The average Bonchev–Trinajstić information content (AvgIpc) is 2.64. The maximum absolute atomic E-state index is 12.0. The molecule has 2 N–H and O–H groups in total. The first kappa shape index (κ1) is 19.5. The molecular weight excluding hydrogens is 328 g/mol. The number of hydrogen-bond acceptors (Lipinski definition) is 3. The van der Waals surface area contributed by atoms with Crippen molar-refractivity contribution >= 4 is 11.8 Å². The summed E-state index contributed by atoms with van der Waals surface area (Å²) in [5, 5.41) is 5.61. The first-order chi connectivity index (χ1) is 12.6. The quantitative estimate of drug-likeness (QED) is 0.680. The smallest absolute Gasteiger partial charge is 0.251 e. The van der Waals surface area contributed by atoms with Gasteiger partial charge in [0, 0.05) is 25.1 Å². The van der Waals surface area contributed by atoms with Gasteiger partial charge < -0.3 is 15.4 Å². The van der Waals surface area contributed by atoms with E-state index >= 15 is 0 Å². The van der Waals surface area contributed by atoms with Crippen LogP contribution in [0, 0.1) is 13.8 Å². The summed E-state index contributed by atoms with van der Waals surface area (Å²) in [7, 11) is 0. The topological polar surface area (TPSA) is 67.4 Å². The van der Waals surface area contributed by atoms with Crippen LogP contribution in [0.2, 0.25) is 0 Å². The van der Waals surface area contributed by atoms with Gasteiger partial charge in [0.2, 0.25) is 5.91 Å². The zero-order valence-electron chi connectivity index (χ0n) is 15.4. The zero-order chi connectivity index (χ0) is 18.8. The molecule has 0 radical (unpaired) electrons. The third kappa shape index (κ3) is 6.59. The zero-order valence-corrected chi connectivity index (χ0v) is 15.4. The van der Waals surface area contributed by atoms with E-state index in [4.69, 9.17) is 4.74 Å². The van der Waals surface area contributed by atoms with Crippen molar-refractivity contribution in [2.45, 2.75) is 26.7 Å². The van der Waals surface area contributed by atoms with Gasteiger partial charge in [0.05, 0.1) is 6.61 Å². The van der Waals surface area contributed by atoms with E-state index in [2.05, 4.69) is 10.6 Å². The Morgan fingerprint density at radius 3 is 2.35 bits per heavy atom. The summed E-state index contributed by atoms with van der Waals surface area (Å²) in [4.78, 5) is 23.8. The van der Waals surface area contributed by atoms with E-state index in [0.29, 0.717) is 38.1 Å². The van der Waals surface area contributed by atoms with Gasteiger partial charge in [-0.05, 0) is 44.0 Å². The molecule has 0 aliphatic rings. The van der Waals surface area contributed by atoms with Crippen molar-refractivity contribution < 1.29 is 14.3 Å². The molecule has 0 aromatic heterocycles. The van der Waals surface area contributed by atoms with Gasteiger partial charge in [-0.15, -0.1) is 0 Å². The van der Waals surface area contributed by atoms with Crippen LogP contribution in [0.15, 0.2) is 48.5 Å². The molecule has 26 heavy (non-hydrogen) atoms. The maximum atomic E-state index is 12.0. The lowest BCUT2D eigenvalue weighted by Crippen LogP contribution is -2.34. The highest BCUT2D eigenvalue weighted by atomic mass is 16.5. The van der Waals surface area contributed by atoms with Gasteiger partial charge in [0.1, 0.15) is 5.75 Å². The number of amides is 2. The summed E-state index contributed by atoms with van der Waals surface area (Å²) in [6.45, 7) is 5.24. The Morgan fingerprint density at radius 1 is 0.923 bits per heavy atom. The highest BCUT2D eigenvalue weighted by Crippen LogP contribution is 2.11. The largest absolute Gasteiger partial charge is 0.494 e. The number of hydrogen-bond donors (Lipinski definition) is 2. The summed E-state index contributed by atoms with van der Waals surface area (Å²) < 4.78 is 5.59. The van der Waals surface area contributed by atoms with Gasteiger partial charge in [0.15, 0.2) is 0 Å². The molecule has 0 aliphatic carbocycles. The summed E-state index contributed by atoms with van der Waals surface area (Å²) in [6, 6.07) is 15.3. The second-order valence-corrected chi connectivity index (χ2v) is 6.19. The second kappa shape index (κ2) is 10.2. The van der Waals surface area contributed by atoms with Crippen LogP contribution in [-0.4, -0.2) is 31.5 Å². The monoisotopic (exact) mass is 354 g/mol. The second-order valence-electron chi connectivity index (χ2n) is 6.19. The number of carbonyl (C=O) groups excluding carboxylic acids is 2. The van der Waals surface area contributed by atoms with E-state index in [1.54, 1.807) is 6.07 Å². The molecule has 0 heterocycles. The third-order valence-electron chi connectivity index (χ3n) is 3.96. The van der Waals surface area contributed by atoms with Crippen LogP contribution in [0.5, 0.6) is 5.75 Å². The van der Waals surface area contributed by atoms with Crippen LogP contribution in [0.3, 0.4) is 0 Å². The lowest BCUT2D eigenvalue weighted by Gasteiger charge is -2.09. The first-order valence-electron chi connectivity index (χ1n) is 8.86. The Balaban J connectivity index is 1.55. The standard InChI is InChI=1S/C21H26N2O3/c1-16-9-11-18(12-10-16)26-15-5-8-20(24)22-13-14-23-21(25)19-7-4-3-6-17(19)2/h3-4,6-7,9-12H,5,8,13-15H2,1-2H3,(H,22,24)(H,23,25). The molecule has 0 aliphatic heterocycles. The molecule has 0 saturated carbocycles. The predicted molar refractivity (Wildman–Crippen MR) is 102 cm³/mol. The molecule has 0 spiro atoms. The van der Waals surface area contributed by atoms with Crippen molar-refractivity contribution in [3.05, 3.63) is 65.2 Å². The molecule has 0 fully saturated rings. The number of carbonyl (C=O) groups is 2. The van der Waals surface area contributed by atoms with Crippen LogP contribution < -0.4 is 15.4 Å². The Bertz CT molecular complexity index is 726.